The molecule has 0 N–H and O–H groups in total. The van der Waals surface area contributed by atoms with E-state index in [1.165, 1.54) is 24.2 Å². The molecule has 0 fully saturated rings. The Hall–Kier alpha value is 0.270. The quantitative estimate of drug-likeness (QED) is 0.449. The lowest BCUT2D eigenvalue weighted by atomic mass is 10.3. The molecule has 0 spiro atoms. The molecule has 1 aromatic carbocycles. The van der Waals surface area contributed by atoms with E-state index < -0.39 is 0 Å². The number of unbranched alkanes of at least 4 members (excludes halogenated alkanes) is 2. The summed E-state index contributed by atoms with van der Waals surface area (Å²) in [4.78, 5) is 1.33. The normalized spacial score (nSPS) is 9.27. The minimum atomic E-state index is 1.02. The average molecular weight is 260 g/mol. The molecule has 0 aliphatic carbocycles. The van der Waals surface area contributed by atoms with Crippen LogP contribution in [-0.2, 0) is 0 Å². The maximum Gasteiger partial charge on any atom is 0.00691 e. The van der Waals surface area contributed by atoms with Crippen molar-refractivity contribution in [1.29, 1.82) is 0 Å². The maximum atomic E-state index is 4.07. The fourth-order valence-electron chi connectivity index (χ4n) is 0.957. The zero-order valence-corrected chi connectivity index (χ0v) is 11.8. The second-order valence-electron chi connectivity index (χ2n) is 3.03. The molecule has 0 atom stereocenters. The molecule has 0 saturated heterocycles. The molecule has 0 aromatic heterocycles. The first-order chi connectivity index (χ1) is 7.35. The first kappa shape index (κ1) is 15.3. The van der Waals surface area contributed by atoms with E-state index in [-0.39, 0.29) is 0 Å². The van der Waals surface area contributed by atoms with Crippen LogP contribution >= 0.6 is 37.0 Å². The standard InChI is InChI=1S/C7H8S.C5H12S2/c1-8-7-5-3-2-4-6-7;6-4-2-1-3-5-7/h2-6H,1H3;6-7H,1-5H2. The van der Waals surface area contributed by atoms with Gasteiger partial charge in [-0.1, -0.05) is 24.6 Å². The van der Waals surface area contributed by atoms with Crippen molar-refractivity contribution in [2.75, 3.05) is 17.8 Å². The molecule has 0 unspecified atom stereocenters. The number of thiol groups is 2. The molecule has 0 nitrogen and oxygen atoms in total. The monoisotopic (exact) mass is 260 g/mol. The fraction of sp³-hybridized carbons (Fsp3) is 0.500. The van der Waals surface area contributed by atoms with Crippen LogP contribution in [0.3, 0.4) is 0 Å². The first-order valence-electron chi connectivity index (χ1n) is 5.16. The number of hydrogen-bond acceptors (Lipinski definition) is 3. The highest BCUT2D eigenvalue weighted by molar-refractivity contribution is 7.98. The largest absolute Gasteiger partial charge is 0.179 e. The highest BCUT2D eigenvalue weighted by Crippen LogP contribution is 2.11. The van der Waals surface area contributed by atoms with E-state index in [1.54, 1.807) is 11.8 Å². The Morgan fingerprint density at radius 1 is 0.933 bits per heavy atom. The van der Waals surface area contributed by atoms with E-state index in [0.29, 0.717) is 0 Å². The molecule has 0 aliphatic rings. The Balaban J connectivity index is 0.000000265. The minimum Gasteiger partial charge on any atom is -0.179 e. The van der Waals surface area contributed by atoms with Gasteiger partial charge in [-0.15, -0.1) is 11.8 Å². The zero-order chi connectivity index (χ0) is 11.4. The summed E-state index contributed by atoms with van der Waals surface area (Å²) in [6, 6.07) is 10.3. The summed E-state index contributed by atoms with van der Waals surface area (Å²) in [5.74, 6) is 2.04. The van der Waals surface area contributed by atoms with Crippen LogP contribution in [-0.4, -0.2) is 17.8 Å². The van der Waals surface area contributed by atoms with Crippen LogP contribution in [0.4, 0.5) is 0 Å². The van der Waals surface area contributed by atoms with Gasteiger partial charge in [0.05, 0.1) is 0 Å². The smallest absolute Gasteiger partial charge is 0.00691 e. The number of benzene rings is 1. The van der Waals surface area contributed by atoms with Crippen molar-refractivity contribution in [1.82, 2.24) is 0 Å². The molecule has 3 heteroatoms. The first-order valence-corrected chi connectivity index (χ1v) is 7.65. The Bertz CT molecular complexity index is 207. The van der Waals surface area contributed by atoms with E-state index >= 15 is 0 Å². The highest BCUT2D eigenvalue weighted by Gasteiger charge is 1.81. The third-order valence-electron chi connectivity index (χ3n) is 1.80. The summed E-state index contributed by atoms with van der Waals surface area (Å²) in [6.45, 7) is 0. The van der Waals surface area contributed by atoms with E-state index in [9.17, 15) is 0 Å². The number of rotatable bonds is 5. The summed E-state index contributed by atoms with van der Waals surface area (Å²) in [7, 11) is 0. The third-order valence-corrected chi connectivity index (χ3v) is 3.17. The number of hydrogen-bond donors (Lipinski definition) is 2. The topological polar surface area (TPSA) is 0 Å². The third kappa shape index (κ3) is 10.6. The zero-order valence-electron chi connectivity index (χ0n) is 9.22. The Kier molecular flexibility index (Phi) is 12.6. The van der Waals surface area contributed by atoms with Gasteiger partial charge in [-0.25, -0.2) is 0 Å². The Morgan fingerprint density at radius 2 is 1.47 bits per heavy atom. The predicted octanol–water partition coefficient (Wildman–Crippen LogP) is 4.42. The van der Waals surface area contributed by atoms with Gasteiger partial charge in [0.15, 0.2) is 0 Å². The summed E-state index contributed by atoms with van der Waals surface area (Å²) in [6.07, 6.45) is 5.84. The lowest BCUT2D eigenvalue weighted by molar-refractivity contribution is 0.788. The molecule has 0 radical (unpaired) electrons. The lowest BCUT2D eigenvalue weighted by Gasteiger charge is -1.90. The lowest BCUT2D eigenvalue weighted by Crippen LogP contribution is -1.77. The van der Waals surface area contributed by atoms with E-state index in [1.807, 2.05) is 18.2 Å². The molecular formula is C12H20S3. The second-order valence-corrected chi connectivity index (χ2v) is 4.80. The summed E-state index contributed by atoms with van der Waals surface area (Å²) in [5.41, 5.74) is 0. The Morgan fingerprint density at radius 3 is 1.80 bits per heavy atom. The molecule has 86 valence electrons. The SMILES string of the molecule is CSc1ccccc1.SCCCCCS. The molecule has 0 saturated carbocycles. The van der Waals surface area contributed by atoms with Crippen LogP contribution in [0.2, 0.25) is 0 Å². The van der Waals surface area contributed by atoms with Crippen LogP contribution in [0.15, 0.2) is 35.2 Å². The van der Waals surface area contributed by atoms with Crippen molar-refractivity contribution >= 4 is 37.0 Å². The average Bonchev–Trinajstić information content (AvgIpc) is 2.32. The van der Waals surface area contributed by atoms with Crippen LogP contribution < -0.4 is 0 Å². The van der Waals surface area contributed by atoms with Crippen LogP contribution in [0, 0.1) is 0 Å². The molecule has 0 bridgehead atoms. The maximum absolute atomic E-state index is 4.07. The molecule has 0 heterocycles. The van der Waals surface area contributed by atoms with Gasteiger partial charge < -0.3 is 0 Å². The summed E-state index contributed by atoms with van der Waals surface area (Å²) in [5, 5.41) is 0. The van der Waals surface area contributed by atoms with Gasteiger partial charge in [0.25, 0.3) is 0 Å². The van der Waals surface area contributed by atoms with Crippen LogP contribution in [0.25, 0.3) is 0 Å². The van der Waals surface area contributed by atoms with Gasteiger partial charge in [0, 0.05) is 4.90 Å². The van der Waals surface area contributed by atoms with Crippen LogP contribution in [0.5, 0.6) is 0 Å². The van der Waals surface area contributed by atoms with Crippen molar-refractivity contribution in [3.63, 3.8) is 0 Å². The van der Waals surface area contributed by atoms with Crippen molar-refractivity contribution in [2.45, 2.75) is 24.2 Å². The molecule has 1 aromatic rings. The van der Waals surface area contributed by atoms with Gasteiger partial charge in [0.1, 0.15) is 0 Å². The van der Waals surface area contributed by atoms with Crippen molar-refractivity contribution < 1.29 is 0 Å². The fourth-order valence-corrected chi connectivity index (χ4v) is 1.83. The van der Waals surface area contributed by atoms with Crippen molar-refractivity contribution in [2.24, 2.45) is 0 Å². The van der Waals surface area contributed by atoms with Gasteiger partial charge in [-0.2, -0.15) is 25.3 Å². The van der Waals surface area contributed by atoms with E-state index in [0.717, 1.165) is 11.5 Å². The molecule has 0 amide bonds. The van der Waals surface area contributed by atoms with Gasteiger partial charge in [-0.3, -0.25) is 0 Å². The van der Waals surface area contributed by atoms with Crippen LogP contribution in [0.1, 0.15) is 19.3 Å². The molecular weight excluding hydrogens is 240 g/mol. The van der Waals surface area contributed by atoms with Crippen molar-refractivity contribution in [3.05, 3.63) is 30.3 Å². The minimum absolute atomic E-state index is 1.02. The van der Waals surface area contributed by atoms with Gasteiger partial charge in [-0.05, 0) is 42.7 Å². The summed E-state index contributed by atoms with van der Waals surface area (Å²) < 4.78 is 0. The number of thioether (sulfide) groups is 1. The van der Waals surface area contributed by atoms with E-state index in [2.05, 4.69) is 43.6 Å². The van der Waals surface area contributed by atoms with E-state index in [4.69, 9.17) is 0 Å². The second kappa shape index (κ2) is 12.3. The Labute approximate surface area is 109 Å². The molecule has 0 aliphatic heterocycles. The van der Waals surface area contributed by atoms with Gasteiger partial charge >= 0.3 is 0 Å². The molecule has 1 rings (SSSR count). The van der Waals surface area contributed by atoms with Gasteiger partial charge in [0.2, 0.25) is 0 Å². The summed E-state index contributed by atoms with van der Waals surface area (Å²) >= 11 is 9.91. The molecule has 15 heavy (non-hydrogen) atoms. The van der Waals surface area contributed by atoms with Crippen molar-refractivity contribution in [3.8, 4) is 0 Å². The highest BCUT2D eigenvalue weighted by atomic mass is 32.2. The predicted molar refractivity (Wildman–Crippen MR) is 79.8 cm³/mol.